The Hall–Kier alpha value is -0.440. The van der Waals surface area contributed by atoms with Gasteiger partial charge in [0.15, 0.2) is 0 Å². The molecule has 2 atom stereocenters. The second-order valence-electron chi connectivity index (χ2n) is 9.61. The van der Waals surface area contributed by atoms with Gasteiger partial charge in [-0.05, 0) is 99.9 Å². The maximum absolute atomic E-state index is 12.1. The molecule has 0 aromatic carbocycles. The van der Waals surface area contributed by atoms with E-state index in [4.69, 9.17) is 4.74 Å². The van der Waals surface area contributed by atoms with Crippen molar-refractivity contribution in [2.45, 2.75) is 103 Å². The average Bonchev–Trinajstić information content (AvgIpc) is 2.69. The van der Waals surface area contributed by atoms with Crippen LogP contribution in [0.5, 0.6) is 0 Å². The van der Waals surface area contributed by atoms with Crippen molar-refractivity contribution in [2.24, 2.45) is 29.6 Å². The molecule has 0 aromatic rings. The molecule has 2 unspecified atom stereocenters. The molecule has 0 radical (unpaired) electrons. The van der Waals surface area contributed by atoms with Gasteiger partial charge >= 0.3 is 0 Å². The molecule has 156 valence electrons. The van der Waals surface area contributed by atoms with Gasteiger partial charge in [-0.15, -0.1) is 0 Å². The molecular weight excluding hydrogens is 342 g/mol. The van der Waals surface area contributed by atoms with E-state index in [9.17, 15) is 8.78 Å². The van der Waals surface area contributed by atoms with Crippen molar-refractivity contribution in [2.75, 3.05) is 6.61 Å². The molecule has 0 spiro atoms. The minimum atomic E-state index is -1.56. The van der Waals surface area contributed by atoms with Gasteiger partial charge < -0.3 is 4.74 Å². The van der Waals surface area contributed by atoms with E-state index < -0.39 is 6.08 Å². The number of rotatable bonds is 7. The van der Waals surface area contributed by atoms with Crippen molar-refractivity contribution in [3.8, 4) is 0 Å². The van der Waals surface area contributed by atoms with Gasteiger partial charge in [-0.2, -0.15) is 8.78 Å². The molecule has 0 amide bonds. The van der Waals surface area contributed by atoms with E-state index in [1.165, 1.54) is 70.6 Å². The van der Waals surface area contributed by atoms with Crippen LogP contribution in [0.25, 0.3) is 0 Å². The van der Waals surface area contributed by atoms with E-state index in [-0.39, 0.29) is 6.10 Å². The van der Waals surface area contributed by atoms with Crippen LogP contribution in [0.15, 0.2) is 12.2 Å². The third kappa shape index (κ3) is 6.54. The highest BCUT2D eigenvalue weighted by molar-refractivity contribution is 4.86. The predicted octanol–water partition coefficient (Wildman–Crippen LogP) is 7.76. The van der Waals surface area contributed by atoms with Crippen LogP contribution in [0.2, 0.25) is 0 Å². The van der Waals surface area contributed by atoms with Gasteiger partial charge in [-0.1, -0.05) is 32.6 Å². The fourth-order valence-electron chi connectivity index (χ4n) is 6.25. The maximum atomic E-state index is 12.1. The summed E-state index contributed by atoms with van der Waals surface area (Å²) in [6.07, 6.45) is 17.6. The molecular formula is C24H40F2O. The van der Waals surface area contributed by atoms with Gasteiger partial charge in [0.25, 0.3) is 6.08 Å². The van der Waals surface area contributed by atoms with E-state index in [1.54, 1.807) is 0 Å². The normalized spacial score (nSPS) is 37.7. The molecule has 1 aliphatic heterocycles. The van der Waals surface area contributed by atoms with E-state index in [2.05, 4.69) is 6.92 Å². The summed E-state index contributed by atoms with van der Waals surface area (Å²) in [6.45, 7) is 3.19. The lowest BCUT2D eigenvalue weighted by Gasteiger charge is -2.41. The fourth-order valence-corrected chi connectivity index (χ4v) is 6.25. The number of hydrogen-bond acceptors (Lipinski definition) is 1. The first-order valence-electron chi connectivity index (χ1n) is 11.8. The molecule has 1 nitrogen and oxygen atoms in total. The van der Waals surface area contributed by atoms with Crippen LogP contribution in [0.1, 0.15) is 96.8 Å². The Labute approximate surface area is 165 Å². The molecule has 1 saturated heterocycles. The van der Waals surface area contributed by atoms with Crippen LogP contribution < -0.4 is 0 Å². The van der Waals surface area contributed by atoms with Crippen LogP contribution in [0, 0.1) is 29.6 Å². The smallest absolute Gasteiger partial charge is 0.266 e. The molecule has 0 aromatic heterocycles. The standard InChI is InChI=1S/C24H40F2O/c1-2-4-18-7-9-19(10-8-18)20-11-13-21(14-12-20)22-15-16-23(27-17-22)5-3-6-24(25)26/h6,18-23H,2-5,7-17H2,1H3. The highest BCUT2D eigenvalue weighted by atomic mass is 19.3. The van der Waals surface area contributed by atoms with Crippen molar-refractivity contribution < 1.29 is 13.5 Å². The minimum Gasteiger partial charge on any atom is -0.378 e. The minimum absolute atomic E-state index is 0.200. The Balaban J connectivity index is 1.32. The summed E-state index contributed by atoms with van der Waals surface area (Å²) in [6, 6.07) is 0. The highest BCUT2D eigenvalue weighted by Gasteiger charge is 2.34. The van der Waals surface area contributed by atoms with Gasteiger partial charge in [0.2, 0.25) is 0 Å². The number of hydrogen-bond donors (Lipinski definition) is 0. The lowest BCUT2D eigenvalue weighted by molar-refractivity contribution is -0.0432. The highest BCUT2D eigenvalue weighted by Crippen LogP contribution is 2.44. The van der Waals surface area contributed by atoms with E-state index in [0.717, 1.165) is 55.1 Å². The third-order valence-electron chi connectivity index (χ3n) is 7.93. The van der Waals surface area contributed by atoms with Crippen LogP contribution in [0.4, 0.5) is 8.78 Å². The summed E-state index contributed by atoms with van der Waals surface area (Å²) in [5.41, 5.74) is 0. The lowest BCUT2D eigenvalue weighted by Crippen LogP contribution is -2.33. The molecule has 2 aliphatic carbocycles. The zero-order valence-corrected chi connectivity index (χ0v) is 17.3. The van der Waals surface area contributed by atoms with E-state index >= 15 is 0 Å². The summed E-state index contributed by atoms with van der Waals surface area (Å²) in [5, 5.41) is 0. The third-order valence-corrected chi connectivity index (χ3v) is 7.93. The molecule has 0 bridgehead atoms. The Kier molecular flexibility index (Phi) is 8.61. The van der Waals surface area contributed by atoms with Crippen molar-refractivity contribution >= 4 is 0 Å². The Morgan fingerprint density at radius 2 is 1.33 bits per heavy atom. The van der Waals surface area contributed by atoms with Crippen LogP contribution in [-0.4, -0.2) is 12.7 Å². The quantitative estimate of drug-likeness (QED) is 0.437. The first-order chi connectivity index (χ1) is 13.2. The molecule has 27 heavy (non-hydrogen) atoms. The summed E-state index contributed by atoms with van der Waals surface area (Å²) in [5.74, 6) is 4.59. The second-order valence-corrected chi connectivity index (χ2v) is 9.61. The maximum Gasteiger partial charge on any atom is 0.266 e. The van der Waals surface area contributed by atoms with Gasteiger partial charge in [-0.25, -0.2) is 0 Å². The van der Waals surface area contributed by atoms with Crippen LogP contribution in [0.3, 0.4) is 0 Å². The van der Waals surface area contributed by atoms with Gasteiger partial charge in [0.1, 0.15) is 0 Å². The zero-order valence-electron chi connectivity index (χ0n) is 17.3. The monoisotopic (exact) mass is 382 g/mol. The average molecular weight is 383 g/mol. The first kappa shape index (κ1) is 21.3. The number of ether oxygens (including phenoxy) is 1. The van der Waals surface area contributed by atoms with Crippen LogP contribution >= 0.6 is 0 Å². The molecule has 3 rings (SSSR count). The van der Waals surface area contributed by atoms with Crippen molar-refractivity contribution in [3.63, 3.8) is 0 Å². The number of allylic oxidation sites excluding steroid dienone is 1. The zero-order chi connectivity index (χ0) is 19.1. The summed E-state index contributed by atoms with van der Waals surface area (Å²) < 4.78 is 30.3. The molecule has 1 heterocycles. The van der Waals surface area contributed by atoms with Gasteiger partial charge in [-0.3, -0.25) is 0 Å². The van der Waals surface area contributed by atoms with Crippen molar-refractivity contribution in [1.29, 1.82) is 0 Å². The number of halogens is 2. The molecule has 3 aliphatic rings. The Morgan fingerprint density at radius 1 is 0.778 bits per heavy atom. The molecule has 2 saturated carbocycles. The molecule has 3 heteroatoms. The summed E-state index contributed by atoms with van der Waals surface area (Å²) >= 11 is 0. The van der Waals surface area contributed by atoms with Gasteiger partial charge in [0, 0.05) is 0 Å². The Bertz CT molecular complexity index is 435. The lowest BCUT2D eigenvalue weighted by atomic mass is 9.66. The van der Waals surface area contributed by atoms with Crippen molar-refractivity contribution in [3.05, 3.63) is 12.2 Å². The Morgan fingerprint density at radius 3 is 1.85 bits per heavy atom. The summed E-state index contributed by atoms with van der Waals surface area (Å²) in [7, 11) is 0. The SMILES string of the molecule is CCCC1CCC(C2CCC(C3CCC(CCC=C(F)F)OC3)CC2)CC1. The van der Waals surface area contributed by atoms with Crippen LogP contribution in [-0.2, 0) is 4.74 Å². The van der Waals surface area contributed by atoms with Crippen molar-refractivity contribution in [1.82, 2.24) is 0 Å². The second kappa shape index (κ2) is 10.9. The summed E-state index contributed by atoms with van der Waals surface area (Å²) in [4.78, 5) is 0. The molecule has 3 fully saturated rings. The van der Waals surface area contributed by atoms with E-state index in [1.807, 2.05) is 0 Å². The van der Waals surface area contributed by atoms with E-state index in [0.29, 0.717) is 6.42 Å². The first-order valence-corrected chi connectivity index (χ1v) is 11.8. The van der Waals surface area contributed by atoms with Gasteiger partial charge in [0.05, 0.1) is 12.7 Å². The molecule has 0 N–H and O–H groups in total. The topological polar surface area (TPSA) is 9.23 Å². The largest absolute Gasteiger partial charge is 0.378 e. The predicted molar refractivity (Wildman–Crippen MR) is 108 cm³/mol. The fraction of sp³-hybridized carbons (Fsp3) is 0.917.